The van der Waals surface area contributed by atoms with Crippen LogP contribution in [0.4, 0.5) is 27.8 Å². The predicted octanol–water partition coefficient (Wildman–Crippen LogP) is 3.81. The SMILES string of the molecule is O=C(Nc1ccccc1)Nc1ccc(N2CCc3ccccc32)nn1. The highest BCUT2D eigenvalue weighted by Crippen LogP contribution is 2.32. The number of rotatable bonds is 3. The van der Waals surface area contributed by atoms with Gasteiger partial charge in [0.15, 0.2) is 11.6 Å². The highest BCUT2D eigenvalue weighted by atomic mass is 16.2. The Morgan fingerprint density at radius 3 is 2.48 bits per heavy atom. The molecule has 1 aliphatic heterocycles. The second-order valence-corrected chi connectivity index (χ2v) is 5.75. The number of benzene rings is 2. The van der Waals surface area contributed by atoms with Crippen LogP contribution in [0.5, 0.6) is 0 Å². The molecule has 0 atom stereocenters. The Morgan fingerprint density at radius 2 is 1.68 bits per heavy atom. The average molecular weight is 331 g/mol. The molecule has 2 heterocycles. The van der Waals surface area contributed by atoms with Crippen LogP contribution in [0.3, 0.4) is 0 Å². The summed E-state index contributed by atoms with van der Waals surface area (Å²) < 4.78 is 0. The molecule has 0 bridgehead atoms. The van der Waals surface area contributed by atoms with Crippen molar-refractivity contribution in [2.45, 2.75) is 6.42 Å². The van der Waals surface area contributed by atoms with Gasteiger partial charge in [0.1, 0.15) is 0 Å². The van der Waals surface area contributed by atoms with Crippen molar-refractivity contribution in [1.29, 1.82) is 0 Å². The highest BCUT2D eigenvalue weighted by Gasteiger charge is 2.20. The molecule has 4 rings (SSSR count). The summed E-state index contributed by atoms with van der Waals surface area (Å²) in [4.78, 5) is 14.1. The normalized spacial score (nSPS) is 12.6. The lowest BCUT2D eigenvalue weighted by Crippen LogP contribution is -2.21. The lowest BCUT2D eigenvalue weighted by atomic mass is 10.2. The van der Waals surface area contributed by atoms with E-state index < -0.39 is 0 Å². The number of aromatic nitrogens is 2. The molecule has 0 unspecified atom stereocenters. The fourth-order valence-electron chi connectivity index (χ4n) is 2.91. The third kappa shape index (κ3) is 3.28. The van der Waals surface area contributed by atoms with Crippen LogP contribution in [0.25, 0.3) is 0 Å². The standard InChI is InChI=1S/C19H17N5O/c25-19(20-15-7-2-1-3-8-15)21-17-10-11-18(23-22-17)24-13-12-14-6-4-5-9-16(14)24/h1-11H,12-13H2,(H2,20,21,22,25). The van der Waals surface area contributed by atoms with Gasteiger partial charge >= 0.3 is 6.03 Å². The number of nitrogens with zero attached hydrogens (tertiary/aromatic N) is 3. The van der Waals surface area contributed by atoms with Crippen LogP contribution in [0.2, 0.25) is 0 Å². The van der Waals surface area contributed by atoms with Crippen LogP contribution in [-0.4, -0.2) is 22.8 Å². The largest absolute Gasteiger partial charge is 0.324 e. The Labute approximate surface area is 145 Å². The van der Waals surface area contributed by atoms with Crippen LogP contribution in [0.15, 0.2) is 66.7 Å². The predicted molar refractivity (Wildman–Crippen MR) is 98.3 cm³/mol. The van der Waals surface area contributed by atoms with E-state index >= 15 is 0 Å². The number of fused-ring (bicyclic) bond motifs is 1. The molecule has 2 N–H and O–H groups in total. The number of urea groups is 1. The van der Waals surface area contributed by atoms with Gasteiger partial charge in [0.2, 0.25) is 0 Å². The van der Waals surface area contributed by atoms with Crippen LogP contribution in [-0.2, 0) is 6.42 Å². The van der Waals surface area contributed by atoms with Gasteiger partial charge in [-0.2, -0.15) is 0 Å². The van der Waals surface area contributed by atoms with Gasteiger partial charge in [-0.25, -0.2) is 4.79 Å². The molecule has 2 amide bonds. The number of amides is 2. The first kappa shape index (κ1) is 15.1. The van der Waals surface area contributed by atoms with Gasteiger partial charge in [-0.1, -0.05) is 36.4 Å². The van der Waals surface area contributed by atoms with Crippen molar-refractivity contribution >= 4 is 29.0 Å². The molecule has 0 saturated heterocycles. The Balaban J connectivity index is 1.43. The molecule has 0 saturated carbocycles. The second-order valence-electron chi connectivity index (χ2n) is 5.75. The van der Waals surface area contributed by atoms with Crippen molar-refractivity contribution < 1.29 is 4.79 Å². The molecule has 25 heavy (non-hydrogen) atoms. The summed E-state index contributed by atoms with van der Waals surface area (Å²) in [7, 11) is 0. The molecule has 124 valence electrons. The molecule has 1 aromatic heterocycles. The summed E-state index contributed by atoms with van der Waals surface area (Å²) in [6.45, 7) is 0.884. The molecular weight excluding hydrogens is 314 g/mol. The maximum Gasteiger partial charge on any atom is 0.324 e. The van der Waals surface area contributed by atoms with Gasteiger partial charge < -0.3 is 10.2 Å². The third-order valence-electron chi connectivity index (χ3n) is 4.09. The van der Waals surface area contributed by atoms with E-state index in [0.717, 1.165) is 24.5 Å². The van der Waals surface area contributed by atoms with Gasteiger partial charge in [-0.05, 0) is 42.3 Å². The first-order valence-electron chi connectivity index (χ1n) is 8.12. The number of hydrogen-bond donors (Lipinski definition) is 2. The first-order chi connectivity index (χ1) is 12.3. The zero-order chi connectivity index (χ0) is 17.1. The molecular formula is C19H17N5O. The maximum absolute atomic E-state index is 12.0. The zero-order valence-electron chi connectivity index (χ0n) is 13.5. The molecule has 6 nitrogen and oxygen atoms in total. The highest BCUT2D eigenvalue weighted by molar-refractivity contribution is 5.99. The number of anilines is 4. The van der Waals surface area contributed by atoms with E-state index in [1.54, 1.807) is 6.07 Å². The van der Waals surface area contributed by atoms with E-state index in [2.05, 4.69) is 37.9 Å². The van der Waals surface area contributed by atoms with Crippen molar-refractivity contribution in [3.05, 3.63) is 72.3 Å². The number of nitrogens with one attached hydrogen (secondary N) is 2. The summed E-state index contributed by atoms with van der Waals surface area (Å²) in [5.74, 6) is 1.18. The number of carbonyl (C=O) groups is 1. The van der Waals surface area contributed by atoms with Crippen molar-refractivity contribution in [1.82, 2.24) is 10.2 Å². The van der Waals surface area contributed by atoms with Crippen molar-refractivity contribution in [3.8, 4) is 0 Å². The summed E-state index contributed by atoms with van der Waals surface area (Å²) in [5, 5.41) is 13.8. The van der Waals surface area contributed by atoms with Crippen LogP contribution >= 0.6 is 0 Å². The first-order valence-corrected chi connectivity index (χ1v) is 8.12. The summed E-state index contributed by atoms with van der Waals surface area (Å²) >= 11 is 0. The zero-order valence-corrected chi connectivity index (χ0v) is 13.5. The van der Waals surface area contributed by atoms with Crippen LogP contribution in [0, 0.1) is 0 Å². The molecule has 0 aliphatic carbocycles. The lowest BCUT2D eigenvalue weighted by Gasteiger charge is -2.17. The molecule has 3 aromatic rings. The summed E-state index contributed by atoms with van der Waals surface area (Å²) in [5.41, 5.74) is 3.20. The van der Waals surface area contributed by atoms with E-state index in [4.69, 9.17) is 0 Å². The maximum atomic E-state index is 12.0. The fraction of sp³-hybridized carbons (Fsp3) is 0.105. The summed E-state index contributed by atoms with van der Waals surface area (Å²) in [6, 6.07) is 20.8. The monoisotopic (exact) mass is 331 g/mol. The molecule has 6 heteroatoms. The topological polar surface area (TPSA) is 70.2 Å². The average Bonchev–Trinajstić information content (AvgIpc) is 3.07. The van der Waals surface area contributed by atoms with E-state index in [0.29, 0.717) is 5.82 Å². The van der Waals surface area contributed by atoms with Crippen LogP contribution < -0.4 is 15.5 Å². The molecule has 0 spiro atoms. The minimum absolute atomic E-state index is 0.347. The number of carbonyl (C=O) groups excluding carboxylic acids is 1. The van der Waals surface area contributed by atoms with Crippen molar-refractivity contribution in [2.75, 3.05) is 22.1 Å². The van der Waals surface area contributed by atoms with Crippen molar-refractivity contribution in [2.24, 2.45) is 0 Å². The van der Waals surface area contributed by atoms with E-state index in [1.807, 2.05) is 48.5 Å². The molecule has 1 aliphatic rings. The lowest BCUT2D eigenvalue weighted by molar-refractivity contribution is 0.262. The van der Waals surface area contributed by atoms with Gasteiger partial charge in [0.05, 0.1) is 0 Å². The van der Waals surface area contributed by atoms with Gasteiger partial charge in [-0.15, -0.1) is 10.2 Å². The Morgan fingerprint density at radius 1 is 0.880 bits per heavy atom. The minimum Gasteiger partial charge on any atom is -0.324 e. The Kier molecular flexibility index (Phi) is 4.00. The van der Waals surface area contributed by atoms with Gasteiger partial charge in [-0.3, -0.25) is 5.32 Å². The van der Waals surface area contributed by atoms with Gasteiger partial charge in [0, 0.05) is 17.9 Å². The molecule has 0 fully saturated rings. The quantitative estimate of drug-likeness (QED) is 0.765. The molecule has 0 radical (unpaired) electrons. The van der Waals surface area contributed by atoms with E-state index in [9.17, 15) is 4.79 Å². The minimum atomic E-state index is -0.347. The van der Waals surface area contributed by atoms with E-state index in [-0.39, 0.29) is 6.03 Å². The van der Waals surface area contributed by atoms with Gasteiger partial charge in [0.25, 0.3) is 0 Å². The van der Waals surface area contributed by atoms with Crippen molar-refractivity contribution in [3.63, 3.8) is 0 Å². The number of para-hydroxylation sites is 2. The Hall–Kier alpha value is -3.41. The number of hydrogen-bond acceptors (Lipinski definition) is 4. The van der Waals surface area contributed by atoms with Crippen LogP contribution in [0.1, 0.15) is 5.56 Å². The fourth-order valence-corrected chi connectivity index (χ4v) is 2.91. The summed E-state index contributed by atoms with van der Waals surface area (Å²) in [6.07, 6.45) is 0.997. The van der Waals surface area contributed by atoms with E-state index in [1.165, 1.54) is 11.3 Å². The Bertz CT molecular complexity index is 880. The second kappa shape index (κ2) is 6.60. The third-order valence-corrected chi connectivity index (χ3v) is 4.09. The smallest absolute Gasteiger partial charge is 0.324 e. The molecule has 2 aromatic carbocycles.